The van der Waals surface area contributed by atoms with Gasteiger partial charge in [0.1, 0.15) is 17.3 Å². The van der Waals surface area contributed by atoms with Gasteiger partial charge in [-0.25, -0.2) is 4.98 Å². The normalized spacial score (nSPS) is 10.3. The number of nitrogens with zero attached hydrogens (tertiary/aromatic N) is 1. The van der Waals surface area contributed by atoms with Gasteiger partial charge in [0.2, 0.25) is 0 Å². The van der Waals surface area contributed by atoms with Crippen molar-refractivity contribution in [2.24, 2.45) is 0 Å². The number of benzene rings is 2. The van der Waals surface area contributed by atoms with Crippen molar-refractivity contribution in [2.75, 3.05) is 30.9 Å². The lowest BCUT2D eigenvalue weighted by molar-refractivity contribution is 0.102. The fourth-order valence-electron chi connectivity index (χ4n) is 2.88. The highest BCUT2D eigenvalue weighted by Gasteiger charge is 2.10. The largest absolute Gasteiger partial charge is 0.497 e. The van der Waals surface area contributed by atoms with Gasteiger partial charge in [-0.1, -0.05) is 24.3 Å². The van der Waals surface area contributed by atoms with E-state index in [1.54, 1.807) is 25.4 Å². The third kappa shape index (κ3) is 5.72. The second-order valence-electron chi connectivity index (χ2n) is 6.34. The molecule has 6 nitrogen and oxygen atoms in total. The van der Waals surface area contributed by atoms with E-state index in [1.807, 2.05) is 49.4 Å². The van der Waals surface area contributed by atoms with Gasteiger partial charge in [0, 0.05) is 18.3 Å². The fraction of sp³-hybridized carbons (Fsp3) is 0.217. The molecule has 0 aliphatic heterocycles. The van der Waals surface area contributed by atoms with E-state index >= 15 is 0 Å². The average Bonchev–Trinajstić information content (AvgIpc) is 2.75. The van der Waals surface area contributed by atoms with Crippen LogP contribution in [0.2, 0.25) is 0 Å². The minimum absolute atomic E-state index is 0.213. The molecule has 6 heteroatoms. The molecule has 3 rings (SSSR count). The summed E-state index contributed by atoms with van der Waals surface area (Å²) in [5.41, 5.74) is 2.33. The number of para-hydroxylation sites is 2. The number of anilines is 2. The van der Waals surface area contributed by atoms with Gasteiger partial charge in [-0.2, -0.15) is 0 Å². The van der Waals surface area contributed by atoms with Gasteiger partial charge in [-0.3, -0.25) is 4.79 Å². The van der Waals surface area contributed by atoms with Crippen molar-refractivity contribution in [1.29, 1.82) is 0 Å². The Morgan fingerprint density at radius 1 is 1.07 bits per heavy atom. The molecule has 1 amide bonds. The van der Waals surface area contributed by atoms with Crippen LogP contribution in [0.25, 0.3) is 0 Å². The van der Waals surface area contributed by atoms with Crippen molar-refractivity contribution >= 4 is 17.4 Å². The summed E-state index contributed by atoms with van der Waals surface area (Å²) in [4.78, 5) is 17.0. The van der Waals surface area contributed by atoms with Gasteiger partial charge in [0.05, 0.1) is 19.4 Å². The van der Waals surface area contributed by atoms with E-state index in [0.29, 0.717) is 36.0 Å². The third-order valence-corrected chi connectivity index (χ3v) is 4.31. The number of carbonyl (C=O) groups is 1. The Morgan fingerprint density at radius 3 is 2.76 bits per heavy atom. The second kappa shape index (κ2) is 10.1. The van der Waals surface area contributed by atoms with Crippen molar-refractivity contribution in [1.82, 2.24) is 4.98 Å². The van der Waals surface area contributed by atoms with Crippen molar-refractivity contribution in [2.45, 2.75) is 13.3 Å². The Labute approximate surface area is 170 Å². The van der Waals surface area contributed by atoms with Crippen LogP contribution in [0.15, 0.2) is 66.9 Å². The predicted molar refractivity (Wildman–Crippen MR) is 115 cm³/mol. The van der Waals surface area contributed by atoms with Crippen LogP contribution in [0.4, 0.5) is 11.5 Å². The molecule has 0 fully saturated rings. The first-order chi connectivity index (χ1) is 14.2. The number of amides is 1. The standard InChI is InChI=1S/C23H25N3O3/c1-3-29-21-10-5-4-9-20(21)26-23(27)18-12-14-25-22(16-18)24-13-11-17-7-6-8-19(15-17)28-2/h4-10,12,14-16H,3,11,13H2,1-2H3,(H,24,25)(H,26,27). The number of aromatic nitrogens is 1. The summed E-state index contributed by atoms with van der Waals surface area (Å²) >= 11 is 0. The Hall–Kier alpha value is -3.54. The molecule has 1 heterocycles. The Morgan fingerprint density at radius 2 is 1.93 bits per heavy atom. The second-order valence-corrected chi connectivity index (χ2v) is 6.34. The first-order valence-corrected chi connectivity index (χ1v) is 9.55. The molecule has 0 aliphatic rings. The van der Waals surface area contributed by atoms with Crippen LogP contribution >= 0.6 is 0 Å². The number of nitrogens with one attached hydrogen (secondary N) is 2. The number of methoxy groups -OCH3 is 1. The van der Waals surface area contributed by atoms with Gasteiger partial charge in [-0.05, 0) is 55.3 Å². The number of carbonyl (C=O) groups excluding carboxylic acids is 1. The predicted octanol–water partition coefficient (Wildman–Crippen LogP) is 4.40. The van der Waals surface area contributed by atoms with Gasteiger partial charge in [0.25, 0.3) is 5.91 Å². The maximum atomic E-state index is 12.7. The molecule has 0 spiro atoms. The molecule has 150 valence electrons. The Kier molecular flexibility index (Phi) is 7.05. The molecule has 2 N–H and O–H groups in total. The quantitative estimate of drug-likeness (QED) is 0.566. The lowest BCUT2D eigenvalue weighted by atomic mass is 10.1. The summed E-state index contributed by atoms with van der Waals surface area (Å²) < 4.78 is 10.8. The summed E-state index contributed by atoms with van der Waals surface area (Å²) in [5, 5.41) is 6.16. The van der Waals surface area contributed by atoms with E-state index in [1.165, 1.54) is 5.56 Å². The van der Waals surface area contributed by atoms with Gasteiger partial charge >= 0.3 is 0 Å². The smallest absolute Gasteiger partial charge is 0.255 e. The highest BCUT2D eigenvalue weighted by molar-refractivity contribution is 6.05. The summed E-state index contributed by atoms with van der Waals surface area (Å²) in [6, 6.07) is 18.8. The molecule has 0 bridgehead atoms. The van der Waals surface area contributed by atoms with Crippen LogP contribution in [-0.4, -0.2) is 31.2 Å². The van der Waals surface area contributed by atoms with Gasteiger partial charge in [0.15, 0.2) is 0 Å². The maximum absolute atomic E-state index is 12.7. The summed E-state index contributed by atoms with van der Waals surface area (Å²) in [6.07, 6.45) is 2.44. The van der Waals surface area contributed by atoms with Gasteiger partial charge < -0.3 is 20.1 Å². The van der Waals surface area contributed by atoms with Gasteiger partial charge in [-0.15, -0.1) is 0 Å². The number of ether oxygens (including phenoxy) is 2. The zero-order chi connectivity index (χ0) is 20.5. The summed E-state index contributed by atoms with van der Waals surface area (Å²) in [6.45, 7) is 3.13. The highest BCUT2D eigenvalue weighted by atomic mass is 16.5. The summed E-state index contributed by atoms with van der Waals surface area (Å²) in [5.74, 6) is 1.93. The maximum Gasteiger partial charge on any atom is 0.255 e. The fourth-order valence-corrected chi connectivity index (χ4v) is 2.88. The van der Waals surface area contributed by atoms with E-state index in [2.05, 4.69) is 21.7 Å². The SMILES string of the molecule is CCOc1ccccc1NC(=O)c1ccnc(NCCc2cccc(OC)c2)c1. The van der Waals surface area contributed by atoms with Crippen molar-refractivity contribution in [3.05, 3.63) is 78.0 Å². The molecule has 2 aromatic carbocycles. The minimum atomic E-state index is -0.213. The number of rotatable bonds is 9. The molecule has 0 radical (unpaired) electrons. The van der Waals surface area contributed by atoms with E-state index in [9.17, 15) is 4.79 Å². The first-order valence-electron chi connectivity index (χ1n) is 9.55. The van der Waals surface area contributed by atoms with Crippen LogP contribution in [0.3, 0.4) is 0 Å². The lowest BCUT2D eigenvalue weighted by Crippen LogP contribution is -2.14. The number of pyridine rings is 1. The summed E-state index contributed by atoms with van der Waals surface area (Å²) in [7, 11) is 1.66. The van der Waals surface area contributed by atoms with Crippen LogP contribution in [0.5, 0.6) is 11.5 Å². The third-order valence-electron chi connectivity index (χ3n) is 4.31. The molecule has 1 aromatic heterocycles. The molecular weight excluding hydrogens is 366 g/mol. The Balaban J connectivity index is 1.61. The first kappa shape index (κ1) is 20.2. The van der Waals surface area contributed by atoms with Crippen molar-refractivity contribution in [3.8, 4) is 11.5 Å². The molecular formula is C23H25N3O3. The van der Waals surface area contributed by atoms with Crippen LogP contribution < -0.4 is 20.1 Å². The zero-order valence-electron chi connectivity index (χ0n) is 16.6. The van der Waals surface area contributed by atoms with Crippen molar-refractivity contribution in [3.63, 3.8) is 0 Å². The molecule has 0 aliphatic carbocycles. The molecule has 0 saturated carbocycles. The molecule has 0 saturated heterocycles. The van der Waals surface area contributed by atoms with E-state index in [4.69, 9.17) is 9.47 Å². The van der Waals surface area contributed by atoms with Crippen LogP contribution in [-0.2, 0) is 6.42 Å². The van der Waals surface area contributed by atoms with E-state index in [-0.39, 0.29) is 5.91 Å². The zero-order valence-corrected chi connectivity index (χ0v) is 16.6. The molecule has 3 aromatic rings. The lowest BCUT2D eigenvalue weighted by Gasteiger charge is -2.12. The van der Waals surface area contributed by atoms with E-state index in [0.717, 1.165) is 12.2 Å². The molecule has 0 unspecified atom stereocenters. The van der Waals surface area contributed by atoms with Crippen LogP contribution in [0, 0.1) is 0 Å². The molecule has 0 atom stereocenters. The average molecular weight is 391 g/mol. The van der Waals surface area contributed by atoms with Crippen LogP contribution in [0.1, 0.15) is 22.8 Å². The topological polar surface area (TPSA) is 72.5 Å². The molecule has 29 heavy (non-hydrogen) atoms. The number of hydrogen-bond acceptors (Lipinski definition) is 5. The van der Waals surface area contributed by atoms with Crippen molar-refractivity contribution < 1.29 is 14.3 Å². The van der Waals surface area contributed by atoms with E-state index < -0.39 is 0 Å². The monoisotopic (exact) mass is 391 g/mol. The minimum Gasteiger partial charge on any atom is -0.497 e. The number of hydrogen-bond donors (Lipinski definition) is 2. The Bertz CT molecular complexity index is 959. The highest BCUT2D eigenvalue weighted by Crippen LogP contribution is 2.24.